The Morgan fingerprint density at radius 2 is 2.19 bits per heavy atom. The summed E-state index contributed by atoms with van der Waals surface area (Å²) in [6, 6.07) is 7.10. The van der Waals surface area contributed by atoms with Gasteiger partial charge in [0.05, 0.1) is 23.9 Å². The summed E-state index contributed by atoms with van der Waals surface area (Å²) in [5.41, 5.74) is 5.61. The molecule has 2 rings (SSSR count). The zero-order valence-electron chi connectivity index (χ0n) is 8.70. The molecule has 16 heavy (non-hydrogen) atoms. The van der Waals surface area contributed by atoms with Gasteiger partial charge in [0.2, 0.25) is 5.91 Å². The van der Waals surface area contributed by atoms with E-state index in [0.29, 0.717) is 23.9 Å². The summed E-state index contributed by atoms with van der Waals surface area (Å²) < 4.78 is 5.04. The maximum Gasteiger partial charge on any atom is 0.236 e. The second-order valence-corrected chi connectivity index (χ2v) is 4.32. The molecule has 1 fully saturated rings. The highest BCUT2D eigenvalue weighted by Gasteiger charge is 2.44. The average Bonchev–Trinajstić information content (AvgIpc) is 2.21. The fourth-order valence-electron chi connectivity index (χ4n) is 1.51. The molecular weight excluding hydrogens is 228 g/mol. The summed E-state index contributed by atoms with van der Waals surface area (Å²) in [5, 5.41) is 3.29. The lowest BCUT2D eigenvalue weighted by atomic mass is 9.85. The van der Waals surface area contributed by atoms with Crippen LogP contribution in [0, 0.1) is 5.41 Å². The number of carbonyl (C=O) groups excluding carboxylic acids is 1. The molecular formula is C11H13ClN2O2. The Hall–Kier alpha value is -1.10. The molecule has 3 N–H and O–H groups in total. The Kier molecular flexibility index (Phi) is 3.14. The first-order chi connectivity index (χ1) is 7.68. The van der Waals surface area contributed by atoms with Gasteiger partial charge < -0.3 is 15.8 Å². The third kappa shape index (κ3) is 1.91. The maximum atomic E-state index is 12.0. The van der Waals surface area contributed by atoms with Gasteiger partial charge in [-0.2, -0.15) is 0 Å². The van der Waals surface area contributed by atoms with Crippen molar-refractivity contribution >= 4 is 23.2 Å². The minimum absolute atomic E-state index is 0.130. The zero-order chi connectivity index (χ0) is 11.6. The van der Waals surface area contributed by atoms with Gasteiger partial charge in [-0.1, -0.05) is 23.7 Å². The van der Waals surface area contributed by atoms with Crippen molar-refractivity contribution in [3.63, 3.8) is 0 Å². The van der Waals surface area contributed by atoms with E-state index in [9.17, 15) is 4.79 Å². The lowest BCUT2D eigenvalue weighted by Gasteiger charge is -2.38. The van der Waals surface area contributed by atoms with E-state index in [4.69, 9.17) is 22.1 Å². The number of hydrogen-bond acceptors (Lipinski definition) is 3. The molecule has 1 aliphatic heterocycles. The second kappa shape index (κ2) is 4.41. The second-order valence-electron chi connectivity index (χ2n) is 3.91. The normalized spacial score (nSPS) is 17.6. The Balaban J connectivity index is 2.10. The number of ether oxygens (including phenoxy) is 1. The van der Waals surface area contributed by atoms with Crippen LogP contribution in [0.15, 0.2) is 24.3 Å². The summed E-state index contributed by atoms with van der Waals surface area (Å²) in [6.07, 6.45) is 0. The summed E-state index contributed by atoms with van der Waals surface area (Å²) in [4.78, 5) is 12.0. The first-order valence-corrected chi connectivity index (χ1v) is 5.39. The third-order valence-electron chi connectivity index (χ3n) is 2.75. The highest BCUT2D eigenvalue weighted by Crippen LogP contribution is 2.29. The number of hydrogen-bond donors (Lipinski definition) is 2. The lowest BCUT2D eigenvalue weighted by Crippen LogP contribution is -2.56. The van der Waals surface area contributed by atoms with E-state index in [2.05, 4.69) is 5.32 Å². The van der Waals surface area contributed by atoms with E-state index in [-0.39, 0.29) is 12.5 Å². The zero-order valence-corrected chi connectivity index (χ0v) is 9.46. The van der Waals surface area contributed by atoms with Crippen molar-refractivity contribution in [2.45, 2.75) is 0 Å². The van der Waals surface area contributed by atoms with Crippen molar-refractivity contribution in [3.05, 3.63) is 29.3 Å². The smallest absolute Gasteiger partial charge is 0.236 e. The van der Waals surface area contributed by atoms with E-state index in [0.717, 1.165) is 0 Å². The molecule has 0 spiro atoms. The van der Waals surface area contributed by atoms with Crippen LogP contribution in [-0.4, -0.2) is 25.7 Å². The number of nitrogens with one attached hydrogen (secondary N) is 1. The molecule has 0 radical (unpaired) electrons. The molecule has 86 valence electrons. The molecule has 0 saturated carbocycles. The predicted octanol–water partition coefficient (Wildman–Crippen LogP) is 1.25. The van der Waals surface area contributed by atoms with Crippen molar-refractivity contribution in [3.8, 4) is 0 Å². The van der Waals surface area contributed by atoms with E-state index in [1.807, 2.05) is 12.1 Å². The monoisotopic (exact) mass is 240 g/mol. The summed E-state index contributed by atoms with van der Waals surface area (Å²) >= 11 is 5.95. The minimum Gasteiger partial charge on any atom is -0.379 e. The number of anilines is 1. The molecule has 1 heterocycles. The molecule has 5 heteroatoms. The largest absolute Gasteiger partial charge is 0.379 e. The Morgan fingerprint density at radius 1 is 1.50 bits per heavy atom. The van der Waals surface area contributed by atoms with Crippen LogP contribution < -0.4 is 11.1 Å². The topological polar surface area (TPSA) is 64.4 Å². The number of nitrogens with two attached hydrogens (primary N) is 1. The van der Waals surface area contributed by atoms with Crippen LogP contribution in [0.5, 0.6) is 0 Å². The number of amides is 1. The number of para-hydroxylation sites is 1. The number of benzene rings is 1. The summed E-state index contributed by atoms with van der Waals surface area (Å²) in [7, 11) is 0. The van der Waals surface area contributed by atoms with Crippen molar-refractivity contribution in [2.24, 2.45) is 11.1 Å². The molecule has 0 aliphatic carbocycles. The van der Waals surface area contributed by atoms with Gasteiger partial charge in [0.1, 0.15) is 5.41 Å². The van der Waals surface area contributed by atoms with Crippen molar-refractivity contribution < 1.29 is 9.53 Å². The fraction of sp³-hybridized carbons (Fsp3) is 0.364. The third-order valence-corrected chi connectivity index (χ3v) is 3.08. The van der Waals surface area contributed by atoms with E-state index in [1.54, 1.807) is 12.1 Å². The molecule has 1 aromatic rings. The molecule has 0 aromatic heterocycles. The van der Waals surface area contributed by atoms with Crippen LogP contribution in [0.2, 0.25) is 5.02 Å². The van der Waals surface area contributed by atoms with Gasteiger partial charge in [-0.25, -0.2) is 0 Å². The van der Waals surface area contributed by atoms with Gasteiger partial charge in [0.25, 0.3) is 0 Å². The first kappa shape index (κ1) is 11.4. The van der Waals surface area contributed by atoms with Gasteiger partial charge >= 0.3 is 0 Å². The molecule has 1 amide bonds. The quantitative estimate of drug-likeness (QED) is 0.836. The maximum absolute atomic E-state index is 12.0. The first-order valence-electron chi connectivity index (χ1n) is 5.02. The highest BCUT2D eigenvalue weighted by atomic mass is 35.5. The Morgan fingerprint density at radius 3 is 2.69 bits per heavy atom. The van der Waals surface area contributed by atoms with Crippen molar-refractivity contribution in [1.29, 1.82) is 0 Å². The van der Waals surface area contributed by atoms with Gasteiger partial charge in [-0.15, -0.1) is 0 Å². The Labute approximate surface area is 98.7 Å². The van der Waals surface area contributed by atoms with Crippen LogP contribution in [0.25, 0.3) is 0 Å². The van der Waals surface area contributed by atoms with Gasteiger partial charge in [0, 0.05) is 6.54 Å². The number of halogens is 1. The molecule has 1 aromatic carbocycles. The van der Waals surface area contributed by atoms with E-state index >= 15 is 0 Å². The minimum atomic E-state index is -0.584. The van der Waals surface area contributed by atoms with E-state index in [1.165, 1.54) is 0 Å². The van der Waals surface area contributed by atoms with Crippen LogP contribution in [0.4, 0.5) is 5.69 Å². The van der Waals surface area contributed by atoms with Gasteiger partial charge in [0.15, 0.2) is 0 Å². The fourth-order valence-corrected chi connectivity index (χ4v) is 1.69. The SMILES string of the molecule is NCC1(C(=O)Nc2ccccc2Cl)COC1. The molecule has 0 atom stereocenters. The van der Waals surface area contributed by atoms with Crippen molar-refractivity contribution in [2.75, 3.05) is 25.1 Å². The van der Waals surface area contributed by atoms with Crippen LogP contribution >= 0.6 is 11.6 Å². The number of carbonyl (C=O) groups is 1. The summed E-state index contributed by atoms with van der Waals surface area (Å²) in [6.45, 7) is 1.03. The van der Waals surface area contributed by atoms with Crippen LogP contribution in [-0.2, 0) is 9.53 Å². The highest BCUT2D eigenvalue weighted by molar-refractivity contribution is 6.33. The lowest BCUT2D eigenvalue weighted by molar-refractivity contribution is -0.153. The molecule has 0 bridgehead atoms. The predicted molar refractivity (Wildman–Crippen MR) is 62.4 cm³/mol. The van der Waals surface area contributed by atoms with Gasteiger partial charge in [-0.05, 0) is 12.1 Å². The standard InChI is InChI=1S/C11H13ClN2O2/c12-8-3-1-2-4-9(8)14-10(15)11(5-13)6-16-7-11/h1-4H,5-7,13H2,(H,14,15). The van der Waals surface area contributed by atoms with Crippen LogP contribution in [0.1, 0.15) is 0 Å². The molecule has 1 saturated heterocycles. The van der Waals surface area contributed by atoms with Crippen molar-refractivity contribution in [1.82, 2.24) is 0 Å². The molecule has 0 unspecified atom stereocenters. The average molecular weight is 241 g/mol. The van der Waals surface area contributed by atoms with Gasteiger partial charge in [-0.3, -0.25) is 4.79 Å². The molecule has 1 aliphatic rings. The Bertz CT molecular complexity index is 399. The number of rotatable bonds is 3. The summed E-state index contributed by atoms with van der Waals surface area (Å²) in [5.74, 6) is -0.130. The van der Waals surface area contributed by atoms with E-state index < -0.39 is 5.41 Å². The molecule has 4 nitrogen and oxygen atoms in total. The van der Waals surface area contributed by atoms with Crippen LogP contribution in [0.3, 0.4) is 0 Å².